The van der Waals surface area contributed by atoms with E-state index in [9.17, 15) is 17.2 Å². The van der Waals surface area contributed by atoms with Gasteiger partial charge in [-0.25, -0.2) is 17.2 Å². The fraction of sp³-hybridized carbons (Fsp3) is 0.0769. The molecule has 0 aliphatic heterocycles. The second kappa shape index (κ2) is 5.88. The van der Waals surface area contributed by atoms with Crippen LogP contribution in [-0.4, -0.2) is 8.42 Å². The third kappa shape index (κ3) is 3.34. The minimum Gasteiger partial charge on any atom is -0.277 e. The van der Waals surface area contributed by atoms with Gasteiger partial charge in [0.1, 0.15) is 11.6 Å². The maximum absolute atomic E-state index is 13.4. The lowest BCUT2D eigenvalue weighted by Crippen LogP contribution is -2.14. The molecule has 0 bridgehead atoms. The van der Waals surface area contributed by atoms with E-state index in [-0.39, 0.29) is 4.90 Å². The average Bonchev–Trinajstić information content (AvgIpc) is 2.43. The first-order chi connectivity index (χ1) is 9.42. The Bertz CT molecular complexity index is 718. The number of sulfonamides is 1. The molecular weight excluding hydrogens is 352 g/mol. The summed E-state index contributed by atoms with van der Waals surface area (Å²) in [4.78, 5) is -0.0224. The molecule has 2 rings (SSSR count). The molecule has 0 fully saturated rings. The van der Waals surface area contributed by atoms with Crippen molar-refractivity contribution < 1.29 is 17.2 Å². The van der Waals surface area contributed by atoms with Gasteiger partial charge in [0.05, 0.1) is 10.6 Å². The number of nitrogens with one attached hydrogen (secondary N) is 1. The molecule has 1 N–H and O–H groups in total. The zero-order valence-corrected chi connectivity index (χ0v) is 12.5. The Labute approximate surface area is 123 Å². The summed E-state index contributed by atoms with van der Waals surface area (Å²) < 4.78 is 52.6. The van der Waals surface area contributed by atoms with E-state index in [0.717, 1.165) is 23.8 Å². The summed E-state index contributed by atoms with van der Waals surface area (Å²) in [5.41, 5.74) is 0.482. The molecule has 106 valence electrons. The van der Waals surface area contributed by atoms with Gasteiger partial charge in [-0.2, -0.15) is 0 Å². The molecule has 0 spiro atoms. The highest BCUT2D eigenvalue weighted by Crippen LogP contribution is 2.20. The maximum Gasteiger partial charge on any atom is 0.261 e. The average molecular weight is 362 g/mol. The lowest BCUT2D eigenvalue weighted by molar-refractivity contribution is 0.594. The number of rotatable bonds is 4. The number of hydrogen-bond acceptors (Lipinski definition) is 2. The molecule has 0 aliphatic rings. The molecule has 2 aromatic carbocycles. The fourth-order valence-corrected chi connectivity index (χ4v) is 2.97. The largest absolute Gasteiger partial charge is 0.277 e. The van der Waals surface area contributed by atoms with Gasteiger partial charge in [-0.1, -0.05) is 28.1 Å². The number of anilines is 1. The molecule has 20 heavy (non-hydrogen) atoms. The van der Waals surface area contributed by atoms with E-state index in [4.69, 9.17) is 0 Å². The van der Waals surface area contributed by atoms with Crippen molar-refractivity contribution in [1.29, 1.82) is 0 Å². The first-order valence-corrected chi connectivity index (χ1v) is 8.15. The molecule has 0 aliphatic carbocycles. The Hall–Kier alpha value is -1.47. The highest BCUT2D eigenvalue weighted by Gasteiger charge is 2.16. The van der Waals surface area contributed by atoms with E-state index in [0.29, 0.717) is 5.33 Å². The zero-order chi connectivity index (χ0) is 14.8. The highest BCUT2D eigenvalue weighted by atomic mass is 79.9. The van der Waals surface area contributed by atoms with Crippen LogP contribution in [0.15, 0.2) is 47.4 Å². The van der Waals surface area contributed by atoms with Crippen molar-refractivity contribution in [2.45, 2.75) is 10.2 Å². The summed E-state index contributed by atoms with van der Waals surface area (Å²) in [5, 5.41) is 0.597. The van der Waals surface area contributed by atoms with E-state index < -0.39 is 27.3 Å². The van der Waals surface area contributed by atoms with Crippen molar-refractivity contribution in [3.05, 3.63) is 59.7 Å². The number of hydrogen-bond donors (Lipinski definition) is 1. The third-order valence-corrected chi connectivity index (χ3v) is 4.59. The van der Waals surface area contributed by atoms with Gasteiger partial charge < -0.3 is 0 Å². The minimum absolute atomic E-state index is 0.0224. The Morgan fingerprint density at radius 2 is 1.70 bits per heavy atom. The van der Waals surface area contributed by atoms with Crippen LogP contribution in [0.4, 0.5) is 14.5 Å². The van der Waals surface area contributed by atoms with Gasteiger partial charge >= 0.3 is 0 Å². The molecule has 0 atom stereocenters. The van der Waals surface area contributed by atoms with Crippen LogP contribution >= 0.6 is 15.9 Å². The van der Waals surface area contributed by atoms with E-state index in [2.05, 4.69) is 15.9 Å². The SMILES string of the molecule is O=S(=O)(Nc1cc(F)ccc1F)c1ccc(CBr)cc1. The number of benzene rings is 2. The molecule has 0 aromatic heterocycles. The van der Waals surface area contributed by atoms with Crippen LogP contribution in [0.5, 0.6) is 0 Å². The summed E-state index contributed by atoms with van der Waals surface area (Å²) in [5.74, 6) is -1.56. The van der Waals surface area contributed by atoms with Crippen LogP contribution in [0.25, 0.3) is 0 Å². The molecule has 3 nitrogen and oxygen atoms in total. The van der Waals surface area contributed by atoms with Crippen LogP contribution in [0.1, 0.15) is 5.56 Å². The Kier molecular flexibility index (Phi) is 4.39. The predicted octanol–water partition coefficient (Wildman–Crippen LogP) is 3.66. The molecule has 0 radical (unpaired) electrons. The van der Waals surface area contributed by atoms with Gasteiger partial charge in [0.2, 0.25) is 0 Å². The molecular formula is C13H10BrF2NO2S. The van der Waals surface area contributed by atoms with Crippen LogP contribution in [0, 0.1) is 11.6 Å². The van der Waals surface area contributed by atoms with Crippen molar-refractivity contribution in [2.75, 3.05) is 4.72 Å². The van der Waals surface area contributed by atoms with Crippen LogP contribution in [0.2, 0.25) is 0 Å². The van der Waals surface area contributed by atoms with Gasteiger partial charge in [0.25, 0.3) is 10.0 Å². The van der Waals surface area contributed by atoms with Crippen molar-refractivity contribution in [2.24, 2.45) is 0 Å². The summed E-state index contributed by atoms with van der Waals surface area (Å²) in [7, 11) is -3.95. The second-order valence-electron chi connectivity index (χ2n) is 4.01. The van der Waals surface area contributed by atoms with Crippen LogP contribution in [-0.2, 0) is 15.4 Å². The molecule has 0 saturated carbocycles. The normalized spacial score (nSPS) is 11.3. The molecule has 7 heteroatoms. The number of halogens is 3. The first-order valence-electron chi connectivity index (χ1n) is 5.55. The van der Waals surface area contributed by atoms with Gasteiger partial charge in [-0.3, -0.25) is 4.72 Å². The van der Waals surface area contributed by atoms with Crippen molar-refractivity contribution >= 4 is 31.6 Å². The Morgan fingerprint density at radius 1 is 1.05 bits per heavy atom. The monoisotopic (exact) mass is 361 g/mol. The van der Waals surface area contributed by atoms with E-state index in [1.165, 1.54) is 12.1 Å². The topological polar surface area (TPSA) is 46.2 Å². The Balaban J connectivity index is 2.32. The van der Waals surface area contributed by atoms with Gasteiger partial charge in [0.15, 0.2) is 0 Å². The molecule has 0 heterocycles. The third-order valence-electron chi connectivity index (χ3n) is 2.56. The maximum atomic E-state index is 13.4. The fourth-order valence-electron chi connectivity index (χ4n) is 1.54. The quantitative estimate of drug-likeness (QED) is 0.844. The van der Waals surface area contributed by atoms with E-state index in [1.807, 2.05) is 4.72 Å². The Morgan fingerprint density at radius 3 is 2.30 bits per heavy atom. The van der Waals surface area contributed by atoms with Crippen LogP contribution < -0.4 is 4.72 Å². The van der Waals surface area contributed by atoms with Crippen LogP contribution in [0.3, 0.4) is 0 Å². The molecule has 2 aromatic rings. The smallest absolute Gasteiger partial charge is 0.261 e. The second-order valence-corrected chi connectivity index (χ2v) is 6.25. The van der Waals surface area contributed by atoms with Crippen molar-refractivity contribution in [3.63, 3.8) is 0 Å². The first kappa shape index (κ1) is 14.9. The predicted molar refractivity (Wildman–Crippen MR) is 76.2 cm³/mol. The van der Waals surface area contributed by atoms with Gasteiger partial charge in [-0.15, -0.1) is 0 Å². The molecule has 0 saturated heterocycles. The summed E-state index contributed by atoms with van der Waals surface area (Å²) in [6.45, 7) is 0. The summed E-state index contributed by atoms with van der Waals surface area (Å²) in [6.07, 6.45) is 0. The summed E-state index contributed by atoms with van der Waals surface area (Å²) >= 11 is 3.25. The zero-order valence-electron chi connectivity index (χ0n) is 10.1. The number of alkyl halides is 1. The minimum atomic E-state index is -3.95. The van der Waals surface area contributed by atoms with E-state index >= 15 is 0 Å². The lowest BCUT2D eigenvalue weighted by atomic mass is 10.2. The van der Waals surface area contributed by atoms with Gasteiger partial charge in [-0.05, 0) is 29.8 Å². The van der Waals surface area contributed by atoms with Crippen molar-refractivity contribution in [1.82, 2.24) is 0 Å². The molecule has 0 unspecified atom stereocenters. The van der Waals surface area contributed by atoms with E-state index in [1.54, 1.807) is 12.1 Å². The summed E-state index contributed by atoms with van der Waals surface area (Å²) in [6, 6.07) is 8.63. The standard InChI is InChI=1S/C13H10BrF2NO2S/c14-8-9-1-4-11(5-2-9)20(18,19)17-13-7-10(15)3-6-12(13)16/h1-7,17H,8H2. The van der Waals surface area contributed by atoms with Gasteiger partial charge in [0, 0.05) is 11.4 Å². The lowest BCUT2D eigenvalue weighted by Gasteiger charge is -2.09. The highest BCUT2D eigenvalue weighted by molar-refractivity contribution is 9.08. The van der Waals surface area contributed by atoms with Crippen molar-refractivity contribution in [3.8, 4) is 0 Å². The molecule has 0 amide bonds.